The number of rotatable bonds is 8. The minimum atomic E-state index is 0.580. The predicted octanol–water partition coefficient (Wildman–Crippen LogP) is 4.92. The van der Waals surface area contributed by atoms with Crippen LogP contribution >= 0.6 is 0 Å². The van der Waals surface area contributed by atoms with E-state index in [4.69, 9.17) is 4.74 Å². The molecule has 0 unspecified atom stereocenters. The fourth-order valence-electron chi connectivity index (χ4n) is 4.38. The molecule has 0 aromatic carbocycles. The number of hydrogen-bond acceptors (Lipinski definition) is 2. The second-order valence-electron chi connectivity index (χ2n) is 7.37. The highest BCUT2D eigenvalue weighted by Crippen LogP contribution is 2.38. The standard InChI is InChI=1S/C19H37NO/c1-3-4-5-6-15-21-19-13-9-17(10-14-19)16-7-11-18(20-2)12-8-16/h16-20H,3-15H2,1-2H3. The van der Waals surface area contributed by atoms with Gasteiger partial charge in [-0.2, -0.15) is 0 Å². The molecule has 0 radical (unpaired) electrons. The third kappa shape index (κ3) is 5.90. The molecule has 2 saturated carbocycles. The number of nitrogens with one attached hydrogen (secondary N) is 1. The minimum absolute atomic E-state index is 0.580. The van der Waals surface area contributed by atoms with E-state index in [9.17, 15) is 0 Å². The first-order valence-corrected chi connectivity index (χ1v) is 9.62. The van der Waals surface area contributed by atoms with Gasteiger partial charge in [0.15, 0.2) is 0 Å². The Hall–Kier alpha value is -0.0800. The highest BCUT2D eigenvalue weighted by atomic mass is 16.5. The fraction of sp³-hybridized carbons (Fsp3) is 1.00. The van der Waals surface area contributed by atoms with Crippen LogP contribution in [-0.2, 0) is 4.74 Å². The Labute approximate surface area is 132 Å². The van der Waals surface area contributed by atoms with Crippen LogP contribution in [0.3, 0.4) is 0 Å². The minimum Gasteiger partial charge on any atom is -0.378 e. The van der Waals surface area contributed by atoms with Crippen LogP contribution in [0.15, 0.2) is 0 Å². The Morgan fingerprint density at radius 2 is 1.43 bits per heavy atom. The largest absolute Gasteiger partial charge is 0.378 e. The molecule has 2 heteroatoms. The van der Waals surface area contributed by atoms with Crippen LogP contribution in [0.2, 0.25) is 0 Å². The van der Waals surface area contributed by atoms with Gasteiger partial charge in [0, 0.05) is 12.6 Å². The van der Waals surface area contributed by atoms with Crippen LogP contribution in [0, 0.1) is 11.8 Å². The highest BCUT2D eigenvalue weighted by Gasteiger charge is 2.30. The van der Waals surface area contributed by atoms with E-state index in [2.05, 4.69) is 19.3 Å². The summed E-state index contributed by atoms with van der Waals surface area (Å²) in [4.78, 5) is 0. The van der Waals surface area contributed by atoms with Crippen molar-refractivity contribution in [2.45, 2.75) is 96.1 Å². The van der Waals surface area contributed by atoms with E-state index in [1.807, 2.05) is 0 Å². The lowest BCUT2D eigenvalue weighted by Crippen LogP contribution is -2.34. The maximum absolute atomic E-state index is 6.09. The van der Waals surface area contributed by atoms with Gasteiger partial charge in [-0.3, -0.25) is 0 Å². The average molecular weight is 296 g/mol. The number of hydrogen-bond donors (Lipinski definition) is 1. The maximum Gasteiger partial charge on any atom is 0.0575 e. The molecule has 0 aliphatic heterocycles. The first-order valence-electron chi connectivity index (χ1n) is 9.62. The van der Waals surface area contributed by atoms with Gasteiger partial charge in [-0.15, -0.1) is 0 Å². The van der Waals surface area contributed by atoms with E-state index < -0.39 is 0 Å². The van der Waals surface area contributed by atoms with E-state index in [1.165, 1.54) is 77.0 Å². The summed E-state index contributed by atoms with van der Waals surface area (Å²) in [5, 5.41) is 3.45. The molecule has 0 spiro atoms. The SMILES string of the molecule is CCCCCCOC1CCC(C2CCC(NC)CC2)CC1. The molecule has 0 amide bonds. The molecule has 2 aliphatic rings. The van der Waals surface area contributed by atoms with Crippen LogP contribution in [0.4, 0.5) is 0 Å². The normalized spacial score (nSPS) is 34.0. The monoisotopic (exact) mass is 295 g/mol. The predicted molar refractivity (Wildman–Crippen MR) is 90.6 cm³/mol. The lowest BCUT2D eigenvalue weighted by Gasteiger charge is -2.37. The van der Waals surface area contributed by atoms with Gasteiger partial charge >= 0.3 is 0 Å². The maximum atomic E-state index is 6.09. The highest BCUT2D eigenvalue weighted by molar-refractivity contribution is 4.83. The molecular weight excluding hydrogens is 258 g/mol. The van der Waals surface area contributed by atoms with Crippen LogP contribution in [0.1, 0.15) is 84.0 Å². The second-order valence-corrected chi connectivity index (χ2v) is 7.37. The van der Waals surface area contributed by atoms with Crippen LogP contribution < -0.4 is 5.32 Å². The number of unbranched alkanes of at least 4 members (excludes halogenated alkanes) is 3. The van der Waals surface area contributed by atoms with Crippen LogP contribution in [0.25, 0.3) is 0 Å². The smallest absolute Gasteiger partial charge is 0.0575 e. The summed E-state index contributed by atoms with van der Waals surface area (Å²) in [6.07, 6.45) is 17.1. The van der Waals surface area contributed by atoms with Gasteiger partial charge in [-0.1, -0.05) is 26.2 Å². The summed E-state index contributed by atoms with van der Waals surface area (Å²) in [5.41, 5.74) is 0. The molecule has 124 valence electrons. The molecule has 0 atom stereocenters. The van der Waals surface area contributed by atoms with E-state index in [0.29, 0.717) is 6.10 Å². The van der Waals surface area contributed by atoms with Gasteiger partial charge in [-0.25, -0.2) is 0 Å². The van der Waals surface area contributed by atoms with Gasteiger partial charge in [0.05, 0.1) is 6.10 Å². The zero-order valence-electron chi connectivity index (χ0n) is 14.4. The first kappa shape index (κ1) is 17.3. The molecule has 0 heterocycles. The van der Waals surface area contributed by atoms with E-state index in [-0.39, 0.29) is 0 Å². The first-order chi connectivity index (χ1) is 10.3. The van der Waals surface area contributed by atoms with Crippen molar-refractivity contribution >= 4 is 0 Å². The molecule has 0 bridgehead atoms. The molecule has 0 aromatic rings. The van der Waals surface area contributed by atoms with Gasteiger partial charge in [-0.05, 0) is 76.7 Å². The van der Waals surface area contributed by atoms with Crippen molar-refractivity contribution in [1.29, 1.82) is 0 Å². The van der Waals surface area contributed by atoms with E-state index in [0.717, 1.165) is 24.5 Å². The van der Waals surface area contributed by atoms with Crippen molar-refractivity contribution in [2.75, 3.05) is 13.7 Å². The summed E-state index contributed by atoms with van der Waals surface area (Å²) in [7, 11) is 2.12. The zero-order valence-corrected chi connectivity index (χ0v) is 14.4. The molecule has 1 N–H and O–H groups in total. The second kappa shape index (κ2) is 9.84. The molecule has 2 fully saturated rings. The van der Waals surface area contributed by atoms with Crippen molar-refractivity contribution in [3.63, 3.8) is 0 Å². The summed E-state index contributed by atoms with van der Waals surface area (Å²) >= 11 is 0. The summed E-state index contributed by atoms with van der Waals surface area (Å²) in [6, 6.07) is 0.795. The Bertz CT molecular complexity index is 252. The van der Waals surface area contributed by atoms with E-state index >= 15 is 0 Å². The van der Waals surface area contributed by atoms with Crippen LogP contribution in [0.5, 0.6) is 0 Å². The fourth-order valence-corrected chi connectivity index (χ4v) is 4.38. The summed E-state index contributed by atoms with van der Waals surface area (Å²) < 4.78 is 6.09. The Kier molecular flexibility index (Phi) is 8.10. The zero-order chi connectivity index (χ0) is 14.9. The van der Waals surface area contributed by atoms with Gasteiger partial charge < -0.3 is 10.1 Å². The quantitative estimate of drug-likeness (QED) is 0.642. The van der Waals surface area contributed by atoms with Gasteiger partial charge in [0.2, 0.25) is 0 Å². The summed E-state index contributed by atoms with van der Waals surface area (Å²) in [5.74, 6) is 2.02. The third-order valence-corrected chi connectivity index (χ3v) is 5.92. The molecule has 2 aliphatic carbocycles. The number of ether oxygens (including phenoxy) is 1. The molecular formula is C19H37NO. The molecule has 2 rings (SSSR count). The van der Waals surface area contributed by atoms with Crippen molar-refractivity contribution < 1.29 is 4.74 Å². The van der Waals surface area contributed by atoms with Crippen molar-refractivity contribution in [3.05, 3.63) is 0 Å². The Balaban J connectivity index is 1.56. The molecule has 0 saturated heterocycles. The Morgan fingerprint density at radius 3 is 2.00 bits per heavy atom. The van der Waals surface area contributed by atoms with Gasteiger partial charge in [0.1, 0.15) is 0 Å². The van der Waals surface area contributed by atoms with Crippen LogP contribution in [-0.4, -0.2) is 25.8 Å². The average Bonchev–Trinajstić information content (AvgIpc) is 2.55. The van der Waals surface area contributed by atoms with Crippen molar-refractivity contribution in [3.8, 4) is 0 Å². The van der Waals surface area contributed by atoms with Crippen molar-refractivity contribution in [1.82, 2.24) is 5.32 Å². The molecule has 21 heavy (non-hydrogen) atoms. The lowest BCUT2D eigenvalue weighted by atomic mass is 9.72. The lowest BCUT2D eigenvalue weighted by molar-refractivity contribution is 0.00608. The van der Waals surface area contributed by atoms with E-state index in [1.54, 1.807) is 0 Å². The van der Waals surface area contributed by atoms with Crippen molar-refractivity contribution in [2.24, 2.45) is 11.8 Å². The summed E-state index contributed by atoms with van der Waals surface area (Å²) in [6.45, 7) is 3.27. The van der Waals surface area contributed by atoms with Gasteiger partial charge in [0.25, 0.3) is 0 Å². The third-order valence-electron chi connectivity index (χ3n) is 5.92. The molecule has 2 nitrogen and oxygen atoms in total. The Morgan fingerprint density at radius 1 is 0.810 bits per heavy atom. The molecule has 0 aromatic heterocycles. The topological polar surface area (TPSA) is 21.3 Å².